The van der Waals surface area contributed by atoms with E-state index in [1.807, 2.05) is 0 Å². The first-order valence-electron chi connectivity index (χ1n) is 8.24. The van der Waals surface area contributed by atoms with Gasteiger partial charge in [0.05, 0.1) is 6.07 Å². The number of carbonyl (C=O) groups is 2. The molecule has 0 bridgehead atoms. The summed E-state index contributed by atoms with van der Waals surface area (Å²) in [6.07, 6.45) is 4.27. The molecule has 2 rings (SSSR count). The van der Waals surface area contributed by atoms with E-state index in [0.717, 1.165) is 24.8 Å². The first kappa shape index (κ1) is 18.1. The van der Waals surface area contributed by atoms with Crippen molar-refractivity contribution in [2.45, 2.75) is 58.4 Å². The summed E-state index contributed by atoms with van der Waals surface area (Å²) in [5.41, 5.74) is 0.314. The van der Waals surface area contributed by atoms with Crippen molar-refractivity contribution in [3.8, 4) is 6.07 Å². The number of nitrogens with zero attached hydrogens (tertiary/aromatic N) is 2. The molecule has 0 aliphatic heterocycles. The highest BCUT2D eigenvalue weighted by molar-refractivity contribution is 5.94. The van der Waals surface area contributed by atoms with Gasteiger partial charge in [-0.1, -0.05) is 19.3 Å². The predicted molar refractivity (Wildman–Crippen MR) is 87.4 cm³/mol. The first-order chi connectivity index (χ1) is 11.3. The van der Waals surface area contributed by atoms with Crippen molar-refractivity contribution in [1.29, 1.82) is 5.26 Å². The average molecular weight is 332 g/mol. The molecule has 0 N–H and O–H groups in total. The number of ether oxygens (including phenoxy) is 1. The molecule has 0 unspecified atom stereocenters. The van der Waals surface area contributed by atoms with Crippen molar-refractivity contribution in [3.05, 3.63) is 22.6 Å². The second-order valence-corrected chi connectivity index (χ2v) is 6.45. The molecular formula is C18H24N2O4. The molecule has 0 spiro atoms. The van der Waals surface area contributed by atoms with Gasteiger partial charge in [0, 0.05) is 12.6 Å². The lowest BCUT2D eigenvalue weighted by atomic mass is 9.81. The summed E-state index contributed by atoms with van der Waals surface area (Å²) < 4.78 is 10.6. The van der Waals surface area contributed by atoms with Gasteiger partial charge in [-0.15, -0.1) is 0 Å². The molecule has 1 fully saturated rings. The number of carbonyl (C=O) groups excluding carboxylic acids is 2. The van der Waals surface area contributed by atoms with Crippen LogP contribution in [-0.4, -0.2) is 36.0 Å². The zero-order valence-corrected chi connectivity index (χ0v) is 14.8. The van der Waals surface area contributed by atoms with Crippen LogP contribution in [0.4, 0.5) is 0 Å². The first-order valence-corrected chi connectivity index (χ1v) is 8.24. The number of likely N-dealkylation sites (N-methyl/N-ethyl adjacent to an activating group) is 1. The fraction of sp³-hybridized carbons (Fsp3) is 0.611. The van der Waals surface area contributed by atoms with Crippen LogP contribution >= 0.6 is 0 Å². The van der Waals surface area contributed by atoms with E-state index in [1.165, 1.54) is 4.90 Å². The van der Waals surface area contributed by atoms with Crippen molar-refractivity contribution in [2.75, 3.05) is 13.7 Å². The molecule has 1 aliphatic rings. The van der Waals surface area contributed by atoms with Gasteiger partial charge < -0.3 is 14.1 Å². The van der Waals surface area contributed by atoms with Crippen LogP contribution in [0.25, 0.3) is 0 Å². The lowest BCUT2D eigenvalue weighted by Crippen LogP contribution is -2.51. The van der Waals surface area contributed by atoms with E-state index in [4.69, 9.17) is 9.15 Å². The highest BCUT2D eigenvalue weighted by Gasteiger charge is 2.39. The number of esters is 1. The maximum atomic E-state index is 12.4. The van der Waals surface area contributed by atoms with Crippen LogP contribution in [0.3, 0.4) is 0 Å². The van der Waals surface area contributed by atoms with Gasteiger partial charge in [-0.3, -0.25) is 4.79 Å². The van der Waals surface area contributed by atoms with Crippen molar-refractivity contribution < 1.29 is 18.7 Å². The summed E-state index contributed by atoms with van der Waals surface area (Å²) in [4.78, 5) is 26.1. The van der Waals surface area contributed by atoms with Crippen LogP contribution in [0.5, 0.6) is 0 Å². The lowest BCUT2D eigenvalue weighted by Gasteiger charge is -2.38. The number of furan rings is 1. The minimum atomic E-state index is -0.778. The van der Waals surface area contributed by atoms with Gasteiger partial charge in [0.1, 0.15) is 22.6 Å². The molecule has 1 heterocycles. The van der Waals surface area contributed by atoms with Crippen LogP contribution in [0, 0.1) is 32.1 Å². The number of amides is 1. The summed E-state index contributed by atoms with van der Waals surface area (Å²) in [6, 6.07) is 2.29. The molecule has 6 nitrogen and oxygen atoms in total. The summed E-state index contributed by atoms with van der Waals surface area (Å²) in [5, 5.41) is 9.53. The molecule has 0 saturated heterocycles. The van der Waals surface area contributed by atoms with Crippen LogP contribution in [0.2, 0.25) is 0 Å². The molecule has 0 atom stereocenters. The van der Waals surface area contributed by atoms with E-state index in [1.54, 1.807) is 27.8 Å². The third kappa shape index (κ3) is 3.30. The number of hydrogen-bond donors (Lipinski definition) is 0. The zero-order valence-electron chi connectivity index (χ0n) is 14.8. The van der Waals surface area contributed by atoms with Gasteiger partial charge in [-0.05, 0) is 33.6 Å². The van der Waals surface area contributed by atoms with E-state index in [9.17, 15) is 14.9 Å². The van der Waals surface area contributed by atoms with Gasteiger partial charge in [0.2, 0.25) is 0 Å². The molecule has 1 saturated carbocycles. The van der Waals surface area contributed by atoms with Gasteiger partial charge in [-0.25, -0.2) is 4.79 Å². The Hall–Kier alpha value is -2.29. The van der Waals surface area contributed by atoms with Crippen LogP contribution in [0.15, 0.2) is 4.42 Å². The number of hydrogen-bond acceptors (Lipinski definition) is 5. The van der Waals surface area contributed by atoms with Gasteiger partial charge in [0.15, 0.2) is 6.61 Å². The normalized spacial score (nSPS) is 16.3. The van der Waals surface area contributed by atoms with Gasteiger partial charge in [0.25, 0.3) is 5.91 Å². The largest absolute Gasteiger partial charge is 0.465 e. The van der Waals surface area contributed by atoms with Crippen LogP contribution in [-0.2, 0) is 9.53 Å². The van der Waals surface area contributed by atoms with E-state index in [-0.39, 0.29) is 12.5 Å². The predicted octanol–water partition coefficient (Wildman–Crippen LogP) is 3.05. The number of aryl methyl sites for hydroxylation is 2. The van der Waals surface area contributed by atoms with E-state index >= 15 is 0 Å². The summed E-state index contributed by atoms with van der Waals surface area (Å²) in [7, 11) is 1.61. The van der Waals surface area contributed by atoms with Crippen LogP contribution in [0.1, 0.15) is 59.5 Å². The minimum Gasteiger partial charge on any atom is -0.465 e. The molecule has 1 aliphatic carbocycles. The topological polar surface area (TPSA) is 83.5 Å². The van der Waals surface area contributed by atoms with Gasteiger partial charge in [-0.2, -0.15) is 5.26 Å². The fourth-order valence-corrected chi connectivity index (χ4v) is 3.29. The Morgan fingerprint density at radius 3 is 2.33 bits per heavy atom. The minimum absolute atomic E-state index is 0.359. The number of rotatable bonds is 4. The Labute approximate surface area is 142 Å². The van der Waals surface area contributed by atoms with Gasteiger partial charge >= 0.3 is 5.97 Å². The van der Waals surface area contributed by atoms with Crippen molar-refractivity contribution >= 4 is 11.9 Å². The van der Waals surface area contributed by atoms with Crippen molar-refractivity contribution in [1.82, 2.24) is 4.90 Å². The third-order valence-electron chi connectivity index (χ3n) is 5.00. The van der Waals surface area contributed by atoms with E-state index < -0.39 is 11.5 Å². The van der Waals surface area contributed by atoms with E-state index in [0.29, 0.717) is 29.9 Å². The smallest absolute Gasteiger partial charge is 0.342 e. The quantitative estimate of drug-likeness (QED) is 0.791. The number of nitriles is 1. The molecule has 1 amide bonds. The molecule has 1 aromatic heterocycles. The fourth-order valence-electron chi connectivity index (χ4n) is 3.29. The molecule has 130 valence electrons. The van der Waals surface area contributed by atoms with E-state index in [2.05, 4.69) is 6.07 Å². The average Bonchev–Trinajstić information content (AvgIpc) is 2.84. The third-order valence-corrected chi connectivity index (χ3v) is 5.00. The second-order valence-electron chi connectivity index (χ2n) is 6.45. The lowest BCUT2D eigenvalue weighted by molar-refractivity contribution is -0.138. The summed E-state index contributed by atoms with van der Waals surface area (Å²) in [5.74, 6) is 0.214. The Morgan fingerprint density at radius 2 is 1.83 bits per heavy atom. The van der Waals surface area contributed by atoms with Crippen LogP contribution < -0.4 is 0 Å². The molecule has 0 radical (unpaired) electrons. The summed E-state index contributed by atoms with van der Waals surface area (Å²) >= 11 is 0. The zero-order chi connectivity index (χ0) is 17.9. The molecular weight excluding hydrogens is 308 g/mol. The highest BCUT2D eigenvalue weighted by Crippen LogP contribution is 2.32. The van der Waals surface area contributed by atoms with Crippen molar-refractivity contribution in [2.24, 2.45) is 0 Å². The molecule has 1 aromatic rings. The maximum Gasteiger partial charge on any atom is 0.342 e. The second kappa shape index (κ2) is 7.08. The summed E-state index contributed by atoms with van der Waals surface area (Å²) in [6.45, 7) is 4.87. The Bertz CT molecular complexity index is 678. The Kier molecular flexibility index (Phi) is 5.33. The molecule has 0 aromatic carbocycles. The molecule has 6 heteroatoms. The standard InChI is InChI=1S/C18H24N2O4/c1-12-13(2)24-14(3)16(12)17(22)23-10-15(21)20(4)18(11-19)8-6-5-7-9-18/h5-10H2,1-4H3. The monoisotopic (exact) mass is 332 g/mol. The Balaban J connectivity index is 2.02. The van der Waals surface area contributed by atoms with Crippen molar-refractivity contribution in [3.63, 3.8) is 0 Å². The molecule has 24 heavy (non-hydrogen) atoms. The SMILES string of the molecule is Cc1oc(C)c(C(=O)OCC(=O)N(C)C2(C#N)CCCCC2)c1C. The maximum absolute atomic E-state index is 12.4. The highest BCUT2D eigenvalue weighted by atomic mass is 16.5. The Morgan fingerprint density at radius 1 is 1.21 bits per heavy atom.